The van der Waals surface area contributed by atoms with E-state index in [0.29, 0.717) is 32.3 Å². The highest BCUT2D eigenvalue weighted by atomic mass is 16.5. The van der Waals surface area contributed by atoms with Gasteiger partial charge in [0.2, 0.25) is 0 Å². The average molecular weight is 379 g/mol. The third kappa shape index (κ3) is 13.7. The highest BCUT2D eigenvalue weighted by Gasteiger charge is 1.99. The van der Waals surface area contributed by atoms with Crippen molar-refractivity contribution in [1.82, 2.24) is 0 Å². The third-order valence-electron chi connectivity index (χ3n) is 4.96. The van der Waals surface area contributed by atoms with E-state index in [1.54, 1.807) is 0 Å². The second-order valence-electron chi connectivity index (χ2n) is 7.56. The Morgan fingerprint density at radius 3 is 2.07 bits per heavy atom. The minimum absolute atomic E-state index is 0.586. The van der Waals surface area contributed by atoms with E-state index in [1.807, 2.05) is 0 Å². The summed E-state index contributed by atoms with van der Waals surface area (Å²) < 4.78 is 16.8. The topological polar surface area (TPSA) is 27.7 Å². The smallest absolute Gasteiger partial charge is 0.119 e. The Hall–Kier alpha value is -1.06. The Bertz CT molecular complexity index is 430. The summed E-state index contributed by atoms with van der Waals surface area (Å²) in [5.41, 5.74) is 1.41. The van der Waals surface area contributed by atoms with E-state index in [-0.39, 0.29) is 0 Å². The van der Waals surface area contributed by atoms with Crippen LogP contribution in [0.4, 0.5) is 0 Å². The number of hydrogen-bond acceptors (Lipinski definition) is 3. The summed E-state index contributed by atoms with van der Waals surface area (Å²) in [7, 11) is 0. The SMILES string of the molecule is CCCCCCCCCc1ccc(OCCOCCOCC(C)CC)cc1. The molecule has 156 valence electrons. The van der Waals surface area contributed by atoms with Crippen LogP contribution in [0, 0.1) is 5.92 Å². The van der Waals surface area contributed by atoms with Gasteiger partial charge in [-0.15, -0.1) is 0 Å². The fraction of sp³-hybridized carbons (Fsp3) is 0.750. The summed E-state index contributed by atoms with van der Waals surface area (Å²) >= 11 is 0. The number of hydrogen-bond donors (Lipinski definition) is 0. The maximum atomic E-state index is 5.74. The second-order valence-corrected chi connectivity index (χ2v) is 7.56. The van der Waals surface area contributed by atoms with Crippen molar-refractivity contribution in [3.63, 3.8) is 0 Å². The van der Waals surface area contributed by atoms with Gasteiger partial charge in [-0.05, 0) is 36.5 Å². The van der Waals surface area contributed by atoms with Crippen molar-refractivity contribution in [1.29, 1.82) is 0 Å². The van der Waals surface area contributed by atoms with Gasteiger partial charge in [-0.2, -0.15) is 0 Å². The van der Waals surface area contributed by atoms with Crippen molar-refractivity contribution in [2.24, 2.45) is 5.92 Å². The minimum Gasteiger partial charge on any atom is -0.491 e. The summed E-state index contributed by atoms with van der Waals surface area (Å²) in [6.07, 6.45) is 11.9. The van der Waals surface area contributed by atoms with Gasteiger partial charge in [0.25, 0.3) is 0 Å². The molecule has 0 heterocycles. The fourth-order valence-corrected chi connectivity index (χ4v) is 2.88. The Morgan fingerprint density at radius 1 is 0.741 bits per heavy atom. The van der Waals surface area contributed by atoms with Gasteiger partial charge in [-0.1, -0.05) is 77.8 Å². The molecule has 1 unspecified atom stereocenters. The maximum Gasteiger partial charge on any atom is 0.119 e. The second kappa shape index (κ2) is 17.1. The molecule has 0 fully saturated rings. The molecule has 1 aromatic rings. The standard InChI is InChI=1S/C24H42O3/c1-4-6-7-8-9-10-11-12-23-13-15-24(16-14-23)27-20-19-25-17-18-26-21-22(3)5-2/h13-16,22H,4-12,17-21H2,1-3H3. The van der Waals surface area contributed by atoms with Gasteiger partial charge in [-0.25, -0.2) is 0 Å². The Morgan fingerprint density at radius 2 is 1.37 bits per heavy atom. The Balaban J connectivity index is 1.98. The first-order chi connectivity index (χ1) is 13.3. The zero-order chi connectivity index (χ0) is 19.6. The van der Waals surface area contributed by atoms with Crippen LogP contribution in [0.25, 0.3) is 0 Å². The first-order valence-corrected chi connectivity index (χ1v) is 11.1. The molecule has 0 amide bonds. The molecule has 3 heteroatoms. The van der Waals surface area contributed by atoms with Gasteiger partial charge in [0, 0.05) is 6.61 Å². The highest BCUT2D eigenvalue weighted by molar-refractivity contribution is 5.27. The number of unbranched alkanes of at least 4 members (excludes halogenated alkanes) is 6. The van der Waals surface area contributed by atoms with E-state index in [4.69, 9.17) is 14.2 Å². The van der Waals surface area contributed by atoms with Crippen LogP contribution in [0.1, 0.15) is 77.7 Å². The molecule has 1 atom stereocenters. The molecule has 0 radical (unpaired) electrons. The maximum absolute atomic E-state index is 5.74. The molecule has 1 rings (SSSR count). The van der Waals surface area contributed by atoms with Crippen molar-refractivity contribution in [2.75, 3.05) is 33.0 Å². The van der Waals surface area contributed by atoms with Gasteiger partial charge >= 0.3 is 0 Å². The first kappa shape index (κ1) is 24.0. The van der Waals surface area contributed by atoms with Crippen molar-refractivity contribution in [3.8, 4) is 5.75 Å². The average Bonchev–Trinajstić information content (AvgIpc) is 2.70. The van der Waals surface area contributed by atoms with E-state index in [0.717, 1.165) is 18.8 Å². The van der Waals surface area contributed by atoms with Crippen molar-refractivity contribution in [3.05, 3.63) is 29.8 Å². The summed E-state index contributed by atoms with van der Waals surface area (Å²) in [6.45, 7) is 9.97. The number of benzene rings is 1. The minimum atomic E-state index is 0.586. The number of ether oxygens (including phenoxy) is 3. The van der Waals surface area contributed by atoms with Crippen LogP contribution in [0.15, 0.2) is 24.3 Å². The Kier molecular flexibility index (Phi) is 15.2. The lowest BCUT2D eigenvalue weighted by Gasteiger charge is -2.10. The normalized spacial score (nSPS) is 12.3. The zero-order valence-electron chi connectivity index (χ0n) is 18.0. The van der Waals surface area contributed by atoms with E-state index in [9.17, 15) is 0 Å². The highest BCUT2D eigenvalue weighted by Crippen LogP contribution is 2.15. The molecule has 3 nitrogen and oxygen atoms in total. The molecule has 27 heavy (non-hydrogen) atoms. The predicted molar refractivity (Wildman–Crippen MR) is 115 cm³/mol. The van der Waals surface area contributed by atoms with E-state index in [1.165, 1.54) is 56.9 Å². The molecule has 0 bridgehead atoms. The largest absolute Gasteiger partial charge is 0.491 e. The van der Waals surface area contributed by atoms with Crippen LogP contribution in [-0.2, 0) is 15.9 Å². The molecular weight excluding hydrogens is 336 g/mol. The molecule has 0 saturated heterocycles. The summed E-state index contributed by atoms with van der Waals surface area (Å²) in [5, 5.41) is 0. The molecule has 0 aliphatic heterocycles. The molecule has 0 spiro atoms. The van der Waals surface area contributed by atoms with Crippen LogP contribution < -0.4 is 4.74 Å². The van der Waals surface area contributed by atoms with Crippen molar-refractivity contribution < 1.29 is 14.2 Å². The van der Waals surface area contributed by atoms with E-state index < -0.39 is 0 Å². The molecule has 1 aromatic carbocycles. The third-order valence-corrected chi connectivity index (χ3v) is 4.96. The molecule has 0 saturated carbocycles. The summed E-state index contributed by atoms with van der Waals surface area (Å²) in [5.74, 6) is 1.55. The molecular formula is C24H42O3. The quantitative estimate of drug-likeness (QED) is 0.275. The lowest BCUT2D eigenvalue weighted by molar-refractivity contribution is 0.0261. The van der Waals surface area contributed by atoms with Crippen molar-refractivity contribution in [2.45, 2.75) is 78.6 Å². The first-order valence-electron chi connectivity index (χ1n) is 11.1. The van der Waals surface area contributed by atoms with Crippen LogP contribution in [0.3, 0.4) is 0 Å². The Labute approximate surface area is 167 Å². The van der Waals surface area contributed by atoms with Gasteiger partial charge in [-0.3, -0.25) is 0 Å². The van der Waals surface area contributed by atoms with Gasteiger partial charge in [0.05, 0.1) is 19.8 Å². The predicted octanol–water partition coefficient (Wildman–Crippen LogP) is 6.44. The zero-order valence-corrected chi connectivity index (χ0v) is 18.0. The van der Waals surface area contributed by atoms with Gasteiger partial charge < -0.3 is 14.2 Å². The molecule has 0 N–H and O–H groups in total. The van der Waals surface area contributed by atoms with Gasteiger partial charge in [0.15, 0.2) is 0 Å². The molecule has 0 aliphatic rings. The molecule has 0 aromatic heterocycles. The lowest BCUT2D eigenvalue weighted by Crippen LogP contribution is -2.13. The molecule has 0 aliphatic carbocycles. The number of rotatable bonds is 18. The van der Waals surface area contributed by atoms with Crippen LogP contribution >= 0.6 is 0 Å². The van der Waals surface area contributed by atoms with Crippen molar-refractivity contribution >= 4 is 0 Å². The summed E-state index contributed by atoms with van der Waals surface area (Å²) in [4.78, 5) is 0. The van der Waals surface area contributed by atoms with Crippen LogP contribution in [-0.4, -0.2) is 33.0 Å². The monoisotopic (exact) mass is 378 g/mol. The summed E-state index contributed by atoms with van der Waals surface area (Å²) in [6, 6.07) is 8.53. The fourth-order valence-electron chi connectivity index (χ4n) is 2.88. The lowest BCUT2D eigenvalue weighted by atomic mass is 10.0. The van der Waals surface area contributed by atoms with Crippen LogP contribution in [0.2, 0.25) is 0 Å². The number of aryl methyl sites for hydroxylation is 1. The van der Waals surface area contributed by atoms with E-state index >= 15 is 0 Å². The van der Waals surface area contributed by atoms with Crippen LogP contribution in [0.5, 0.6) is 5.75 Å². The van der Waals surface area contributed by atoms with E-state index in [2.05, 4.69) is 45.0 Å². The van der Waals surface area contributed by atoms with Gasteiger partial charge in [0.1, 0.15) is 12.4 Å².